The van der Waals surface area contributed by atoms with Crippen molar-refractivity contribution in [3.8, 4) is 11.5 Å². The lowest BCUT2D eigenvalue weighted by Crippen LogP contribution is -2.46. The number of aromatic nitrogens is 2. The molecule has 0 radical (unpaired) electrons. The molecule has 0 saturated carbocycles. The highest BCUT2D eigenvalue weighted by molar-refractivity contribution is 5.54. The minimum atomic E-state index is -0.688. The zero-order valence-electron chi connectivity index (χ0n) is 16.1. The third-order valence-electron chi connectivity index (χ3n) is 5.98. The SMILES string of the molecule is Cc1oc(-c2ccc(F)cc2F)nc1CN1C[C@@H]2C[C@@H](C1)c1cccc(=O)n1C2. The summed E-state index contributed by atoms with van der Waals surface area (Å²) < 4.78 is 34.9. The zero-order chi connectivity index (χ0) is 20.1. The number of benzene rings is 1. The summed E-state index contributed by atoms with van der Waals surface area (Å²) in [5, 5.41) is 0. The molecule has 0 aliphatic carbocycles. The zero-order valence-corrected chi connectivity index (χ0v) is 16.1. The third-order valence-corrected chi connectivity index (χ3v) is 5.98. The van der Waals surface area contributed by atoms with Crippen molar-refractivity contribution in [1.82, 2.24) is 14.5 Å². The lowest BCUT2D eigenvalue weighted by molar-refractivity contribution is 0.113. The Kier molecular flexibility index (Phi) is 4.35. The maximum Gasteiger partial charge on any atom is 0.250 e. The van der Waals surface area contributed by atoms with Crippen LogP contribution in [0.15, 0.2) is 45.6 Å². The predicted molar refractivity (Wildman–Crippen MR) is 103 cm³/mol. The first-order chi connectivity index (χ1) is 14.0. The van der Waals surface area contributed by atoms with Crippen LogP contribution in [0.2, 0.25) is 0 Å². The van der Waals surface area contributed by atoms with Gasteiger partial charge in [-0.2, -0.15) is 0 Å². The van der Waals surface area contributed by atoms with Crippen LogP contribution in [-0.2, 0) is 13.1 Å². The summed E-state index contributed by atoms with van der Waals surface area (Å²) >= 11 is 0. The van der Waals surface area contributed by atoms with E-state index in [2.05, 4.69) is 9.88 Å². The van der Waals surface area contributed by atoms with Crippen LogP contribution >= 0.6 is 0 Å². The molecule has 1 aromatic carbocycles. The Hall–Kier alpha value is -2.80. The smallest absolute Gasteiger partial charge is 0.250 e. The highest BCUT2D eigenvalue weighted by Crippen LogP contribution is 2.36. The van der Waals surface area contributed by atoms with Gasteiger partial charge in [0, 0.05) is 49.9 Å². The monoisotopic (exact) mass is 397 g/mol. The number of hydrogen-bond donors (Lipinski definition) is 0. The molecule has 2 aliphatic heterocycles. The second-order valence-electron chi connectivity index (χ2n) is 8.04. The van der Waals surface area contributed by atoms with Crippen molar-refractivity contribution in [2.75, 3.05) is 13.1 Å². The molecule has 7 heteroatoms. The molecule has 2 atom stereocenters. The van der Waals surface area contributed by atoms with Gasteiger partial charge >= 0.3 is 0 Å². The van der Waals surface area contributed by atoms with Gasteiger partial charge in [0.1, 0.15) is 17.4 Å². The van der Waals surface area contributed by atoms with Crippen molar-refractivity contribution < 1.29 is 13.2 Å². The number of piperidine rings is 1. The molecule has 5 nitrogen and oxygen atoms in total. The molecule has 0 spiro atoms. The van der Waals surface area contributed by atoms with E-state index >= 15 is 0 Å². The van der Waals surface area contributed by atoms with Gasteiger partial charge in [-0.15, -0.1) is 0 Å². The molecule has 0 N–H and O–H groups in total. The van der Waals surface area contributed by atoms with E-state index in [1.807, 2.05) is 23.6 Å². The number of rotatable bonds is 3. The summed E-state index contributed by atoms with van der Waals surface area (Å²) in [4.78, 5) is 19.0. The maximum atomic E-state index is 14.1. The molecule has 0 unspecified atom stereocenters. The minimum absolute atomic E-state index is 0.0731. The van der Waals surface area contributed by atoms with Crippen LogP contribution in [0.5, 0.6) is 0 Å². The maximum absolute atomic E-state index is 14.1. The molecule has 0 amide bonds. The minimum Gasteiger partial charge on any atom is -0.441 e. The van der Waals surface area contributed by atoms with Gasteiger partial charge in [-0.25, -0.2) is 13.8 Å². The Morgan fingerprint density at radius 1 is 1.17 bits per heavy atom. The summed E-state index contributed by atoms with van der Waals surface area (Å²) in [6.07, 6.45) is 1.09. The van der Waals surface area contributed by atoms with E-state index in [0.717, 1.165) is 43.5 Å². The number of fused-ring (bicyclic) bond motifs is 4. The lowest BCUT2D eigenvalue weighted by atomic mass is 9.83. The van der Waals surface area contributed by atoms with Crippen molar-refractivity contribution in [1.29, 1.82) is 0 Å². The number of oxazole rings is 1. The second kappa shape index (κ2) is 6.91. The summed E-state index contributed by atoms with van der Waals surface area (Å²) in [6, 6.07) is 8.88. The van der Waals surface area contributed by atoms with Crippen molar-refractivity contribution in [3.63, 3.8) is 0 Å². The highest BCUT2D eigenvalue weighted by Gasteiger charge is 2.34. The fourth-order valence-electron chi connectivity index (χ4n) is 4.69. The first-order valence-electron chi connectivity index (χ1n) is 9.82. The number of nitrogens with zero attached hydrogens (tertiary/aromatic N) is 3. The average Bonchev–Trinajstić information content (AvgIpc) is 3.03. The van der Waals surface area contributed by atoms with Crippen LogP contribution in [0.4, 0.5) is 8.78 Å². The summed E-state index contributed by atoms with van der Waals surface area (Å²) in [5.41, 5.74) is 2.09. The molecule has 2 aliphatic rings. The third kappa shape index (κ3) is 3.29. The Morgan fingerprint density at radius 2 is 2.03 bits per heavy atom. The van der Waals surface area contributed by atoms with Gasteiger partial charge in [0.05, 0.1) is 11.3 Å². The fourth-order valence-corrected chi connectivity index (χ4v) is 4.69. The molecule has 1 saturated heterocycles. The van der Waals surface area contributed by atoms with Crippen LogP contribution < -0.4 is 5.56 Å². The number of halogens is 2. The molecular weight excluding hydrogens is 376 g/mol. The van der Waals surface area contributed by atoms with Crippen molar-refractivity contribution in [2.24, 2.45) is 5.92 Å². The van der Waals surface area contributed by atoms with Crippen molar-refractivity contribution in [3.05, 3.63) is 75.5 Å². The molecule has 4 heterocycles. The molecule has 150 valence electrons. The predicted octanol–water partition coefficient (Wildman–Crippen LogP) is 3.71. The summed E-state index contributed by atoms with van der Waals surface area (Å²) in [7, 11) is 0. The van der Waals surface area contributed by atoms with Crippen LogP contribution in [0.1, 0.15) is 29.5 Å². The van der Waals surface area contributed by atoms with E-state index in [9.17, 15) is 13.6 Å². The largest absolute Gasteiger partial charge is 0.441 e. The van der Waals surface area contributed by atoms with E-state index in [-0.39, 0.29) is 17.0 Å². The van der Waals surface area contributed by atoms with E-state index in [4.69, 9.17) is 4.42 Å². The molecule has 2 bridgehead atoms. The summed E-state index contributed by atoms with van der Waals surface area (Å²) in [5.74, 6) is 0.224. The van der Waals surface area contributed by atoms with Gasteiger partial charge < -0.3 is 8.98 Å². The second-order valence-corrected chi connectivity index (χ2v) is 8.04. The number of hydrogen-bond acceptors (Lipinski definition) is 4. The normalized spacial score (nSPS) is 21.2. The van der Waals surface area contributed by atoms with Crippen LogP contribution in [0.3, 0.4) is 0 Å². The van der Waals surface area contributed by atoms with Gasteiger partial charge in [0.25, 0.3) is 5.56 Å². The Balaban J connectivity index is 1.38. The van der Waals surface area contributed by atoms with Gasteiger partial charge in [-0.1, -0.05) is 6.07 Å². The number of aryl methyl sites for hydroxylation is 1. The lowest BCUT2D eigenvalue weighted by Gasteiger charge is -2.42. The van der Waals surface area contributed by atoms with Gasteiger partial charge in [0.15, 0.2) is 0 Å². The standard InChI is InChI=1S/C22H21F2N3O2/c1-13-19(25-22(29-13)17-6-5-16(23)8-18(17)24)12-26-9-14-7-15(11-26)20-3-2-4-21(28)27(20)10-14/h2-6,8,14-15H,7,9-12H2,1H3/t14-,15-/m0/s1. The highest BCUT2D eigenvalue weighted by atomic mass is 19.1. The topological polar surface area (TPSA) is 51.3 Å². The Labute approximate surface area is 166 Å². The number of pyridine rings is 1. The van der Waals surface area contributed by atoms with E-state index < -0.39 is 11.6 Å². The molecular formula is C22H21F2N3O2. The Bertz CT molecular complexity index is 1140. The van der Waals surface area contributed by atoms with E-state index in [1.54, 1.807) is 6.07 Å². The Morgan fingerprint density at radius 3 is 2.86 bits per heavy atom. The van der Waals surface area contributed by atoms with E-state index in [0.29, 0.717) is 24.1 Å². The quantitative estimate of drug-likeness (QED) is 0.676. The van der Waals surface area contributed by atoms with Gasteiger partial charge in [0.2, 0.25) is 5.89 Å². The van der Waals surface area contributed by atoms with Crippen molar-refractivity contribution >= 4 is 0 Å². The first-order valence-corrected chi connectivity index (χ1v) is 9.82. The van der Waals surface area contributed by atoms with Crippen LogP contribution in [0, 0.1) is 24.5 Å². The van der Waals surface area contributed by atoms with Gasteiger partial charge in [-0.05, 0) is 37.5 Å². The first kappa shape index (κ1) is 18.2. The molecule has 3 aromatic rings. The van der Waals surface area contributed by atoms with Crippen LogP contribution in [0.25, 0.3) is 11.5 Å². The van der Waals surface area contributed by atoms with Crippen LogP contribution in [-0.4, -0.2) is 27.5 Å². The number of likely N-dealkylation sites (tertiary alicyclic amines) is 1. The molecule has 5 rings (SSSR count). The van der Waals surface area contributed by atoms with E-state index in [1.165, 1.54) is 12.1 Å². The molecule has 1 fully saturated rings. The molecule has 2 aromatic heterocycles. The average molecular weight is 397 g/mol. The van der Waals surface area contributed by atoms with Gasteiger partial charge in [-0.3, -0.25) is 9.69 Å². The fraction of sp³-hybridized carbons (Fsp3) is 0.364. The molecule has 29 heavy (non-hydrogen) atoms. The summed E-state index contributed by atoms with van der Waals surface area (Å²) in [6.45, 7) is 4.87. The van der Waals surface area contributed by atoms with Crippen molar-refractivity contribution in [2.45, 2.75) is 32.4 Å².